The summed E-state index contributed by atoms with van der Waals surface area (Å²) in [6, 6.07) is 6.22. The fourth-order valence-corrected chi connectivity index (χ4v) is 1.36. The predicted molar refractivity (Wildman–Crippen MR) is 61.7 cm³/mol. The van der Waals surface area contributed by atoms with Crippen LogP contribution < -0.4 is 5.32 Å². The van der Waals surface area contributed by atoms with Crippen LogP contribution in [0.4, 0.5) is 0 Å². The molecule has 0 radical (unpaired) electrons. The summed E-state index contributed by atoms with van der Waals surface area (Å²) in [5, 5.41) is 12.2. The Labute approximate surface area is 96.3 Å². The number of nitrogens with one attached hydrogen (secondary N) is 1. The molecule has 0 aliphatic heterocycles. The zero-order chi connectivity index (χ0) is 11.8. The van der Waals surface area contributed by atoms with E-state index in [1.54, 1.807) is 13.3 Å². The van der Waals surface area contributed by atoms with Gasteiger partial charge in [-0.2, -0.15) is 5.26 Å². The lowest BCUT2D eigenvalue weighted by atomic mass is 10.2. The first-order valence-electron chi connectivity index (χ1n) is 5.34. The molecule has 1 heterocycles. The lowest BCUT2D eigenvalue weighted by Gasteiger charge is -2.13. The van der Waals surface area contributed by atoms with Gasteiger partial charge in [-0.3, -0.25) is 0 Å². The Balaban J connectivity index is 2.45. The van der Waals surface area contributed by atoms with Crippen LogP contribution in [-0.2, 0) is 11.3 Å². The van der Waals surface area contributed by atoms with E-state index in [-0.39, 0.29) is 0 Å². The van der Waals surface area contributed by atoms with Crippen molar-refractivity contribution in [1.29, 1.82) is 5.26 Å². The molecular formula is C12H17N3O. The van der Waals surface area contributed by atoms with Gasteiger partial charge in [0, 0.05) is 38.1 Å². The Hall–Kier alpha value is -1.44. The number of hydrogen-bond acceptors (Lipinski definition) is 4. The molecule has 0 saturated heterocycles. The van der Waals surface area contributed by atoms with E-state index in [9.17, 15) is 0 Å². The summed E-state index contributed by atoms with van der Waals surface area (Å²) in [5.74, 6) is 0. The average molecular weight is 219 g/mol. The number of nitrogens with zero attached hydrogens (tertiary/aromatic N) is 2. The Morgan fingerprint density at radius 2 is 2.44 bits per heavy atom. The maximum absolute atomic E-state index is 8.86. The van der Waals surface area contributed by atoms with Crippen molar-refractivity contribution in [1.82, 2.24) is 10.3 Å². The molecule has 0 saturated carbocycles. The van der Waals surface area contributed by atoms with Crippen molar-refractivity contribution >= 4 is 0 Å². The fraction of sp³-hybridized carbons (Fsp3) is 0.500. The van der Waals surface area contributed by atoms with Gasteiger partial charge in [0.15, 0.2) is 0 Å². The molecule has 1 atom stereocenters. The number of nitriles is 1. The first-order chi connectivity index (χ1) is 7.77. The molecule has 0 spiro atoms. The van der Waals surface area contributed by atoms with Gasteiger partial charge < -0.3 is 10.1 Å². The first kappa shape index (κ1) is 12.6. The maximum atomic E-state index is 8.86. The molecule has 1 rings (SSSR count). The first-order valence-corrected chi connectivity index (χ1v) is 5.34. The third-order valence-electron chi connectivity index (χ3n) is 2.39. The second kappa shape index (κ2) is 6.94. The van der Waals surface area contributed by atoms with Crippen molar-refractivity contribution in [3.8, 4) is 6.07 Å². The largest absolute Gasteiger partial charge is 0.385 e. The molecule has 0 aliphatic carbocycles. The van der Waals surface area contributed by atoms with Crippen molar-refractivity contribution in [2.24, 2.45) is 0 Å². The molecule has 1 aromatic rings. The van der Waals surface area contributed by atoms with Crippen LogP contribution in [0.5, 0.6) is 0 Å². The van der Waals surface area contributed by atoms with E-state index in [4.69, 9.17) is 10.00 Å². The third kappa shape index (κ3) is 3.97. The molecule has 1 unspecified atom stereocenters. The van der Waals surface area contributed by atoms with Crippen molar-refractivity contribution < 1.29 is 4.74 Å². The summed E-state index contributed by atoms with van der Waals surface area (Å²) in [6.45, 7) is 3.51. The minimum atomic E-state index is 0.367. The average Bonchev–Trinajstić information content (AvgIpc) is 2.34. The van der Waals surface area contributed by atoms with Gasteiger partial charge in [-0.1, -0.05) is 6.07 Å². The van der Waals surface area contributed by atoms with E-state index >= 15 is 0 Å². The van der Waals surface area contributed by atoms with Gasteiger partial charge in [-0.05, 0) is 19.4 Å². The molecule has 0 bridgehead atoms. The standard InChI is InChI=1S/C12H17N3O/c1-10(5-7-16-2)15-9-11-4-3-6-14-12(11)8-13/h3-4,6,10,15H,5,7,9H2,1-2H3. The summed E-state index contributed by atoms with van der Waals surface area (Å²) in [4.78, 5) is 4.01. The highest BCUT2D eigenvalue weighted by Gasteiger charge is 2.04. The number of ether oxygens (including phenoxy) is 1. The number of rotatable bonds is 6. The van der Waals surface area contributed by atoms with Gasteiger partial charge in [-0.15, -0.1) is 0 Å². The van der Waals surface area contributed by atoms with E-state index < -0.39 is 0 Å². The maximum Gasteiger partial charge on any atom is 0.144 e. The SMILES string of the molecule is COCCC(C)NCc1cccnc1C#N. The molecule has 4 nitrogen and oxygen atoms in total. The lowest BCUT2D eigenvalue weighted by Crippen LogP contribution is -2.27. The zero-order valence-corrected chi connectivity index (χ0v) is 9.73. The zero-order valence-electron chi connectivity index (χ0n) is 9.73. The Morgan fingerprint density at radius 1 is 1.62 bits per heavy atom. The van der Waals surface area contributed by atoms with Crippen LogP contribution in [0.15, 0.2) is 18.3 Å². The fourth-order valence-electron chi connectivity index (χ4n) is 1.36. The lowest BCUT2D eigenvalue weighted by molar-refractivity contribution is 0.184. The van der Waals surface area contributed by atoms with E-state index in [2.05, 4.69) is 23.3 Å². The summed E-state index contributed by atoms with van der Waals surface area (Å²) >= 11 is 0. The molecule has 1 aromatic heterocycles. The topological polar surface area (TPSA) is 57.9 Å². The van der Waals surface area contributed by atoms with Crippen LogP contribution in [0.25, 0.3) is 0 Å². The van der Waals surface area contributed by atoms with Crippen LogP contribution in [0.1, 0.15) is 24.6 Å². The van der Waals surface area contributed by atoms with Gasteiger partial charge >= 0.3 is 0 Å². The number of methoxy groups -OCH3 is 1. The van der Waals surface area contributed by atoms with E-state index in [1.807, 2.05) is 12.1 Å². The molecule has 0 aromatic carbocycles. The molecule has 0 fully saturated rings. The quantitative estimate of drug-likeness (QED) is 0.787. The summed E-state index contributed by atoms with van der Waals surface area (Å²) < 4.78 is 5.00. The van der Waals surface area contributed by atoms with Gasteiger partial charge in [0.2, 0.25) is 0 Å². The van der Waals surface area contributed by atoms with Gasteiger partial charge in [-0.25, -0.2) is 4.98 Å². The molecular weight excluding hydrogens is 202 g/mol. The van der Waals surface area contributed by atoms with E-state index in [0.29, 0.717) is 18.3 Å². The van der Waals surface area contributed by atoms with E-state index in [1.165, 1.54) is 0 Å². The van der Waals surface area contributed by atoms with Crippen molar-refractivity contribution in [3.63, 3.8) is 0 Å². The van der Waals surface area contributed by atoms with Crippen LogP contribution in [-0.4, -0.2) is 24.7 Å². The minimum absolute atomic E-state index is 0.367. The minimum Gasteiger partial charge on any atom is -0.385 e. The van der Waals surface area contributed by atoms with Crippen molar-refractivity contribution in [2.75, 3.05) is 13.7 Å². The van der Waals surface area contributed by atoms with Crippen LogP contribution >= 0.6 is 0 Å². The molecule has 0 aliphatic rings. The van der Waals surface area contributed by atoms with Crippen LogP contribution in [0.3, 0.4) is 0 Å². The Kier molecular flexibility index (Phi) is 5.48. The van der Waals surface area contributed by atoms with Gasteiger partial charge in [0.05, 0.1) is 0 Å². The summed E-state index contributed by atoms with van der Waals surface area (Å²) in [5.41, 5.74) is 1.43. The van der Waals surface area contributed by atoms with Crippen molar-refractivity contribution in [2.45, 2.75) is 25.9 Å². The number of aromatic nitrogens is 1. The van der Waals surface area contributed by atoms with Crippen molar-refractivity contribution in [3.05, 3.63) is 29.6 Å². The smallest absolute Gasteiger partial charge is 0.144 e. The molecule has 1 N–H and O–H groups in total. The number of hydrogen-bond donors (Lipinski definition) is 1. The van der Waals surface area contributed by atoms with Crippen LogP contribution in [0, 0.1) is 11.3 Å². The monoisotopic (exact) mass is 219 g/mol. The second-order valence-corrected chi connectivity index (χ2v) is 3.69. The summed E-state index contributed by atoms with van der Waals surface area (Å²) in [7, 11) is 1.70. The van der Waals surface area contributed by atoms with Gasteiger partial charge in [0.25, 0.3) is 0 Å². The highest BCUT2D eigenvalue weighted by atomic mass is 16.5. The normalized spacial score (nSPS) is 12.1. The molecule has 0 amide bonds. The third-order valence-corrected chi connectivity index (χ3v) is 2.39. The predicted octanol–water partition coefficient (Wildman–Crippen LogP) is 1.47. The second-order valence-electron chi connectivity index (χ2n) is 3.69. The van der Waals surface area contributed by atoms with Gasteiger partial charge in [0.1, 0.15) is 11.8 Å². The Bertz CT molecular complexity index is 360. The highest BCUT2D eigenvalue weighted by molar-refractivity contribution is 5.30. The Morgan fingerprint density at radius 3 is 3.12 bits per heavy atom. The molecule has 16 heavy (non-hydrogen) atoms. The van der Waals surface area contributed by atoms with E-state index in [0.717, 1.165) is 18.6 Å². The highest BCUT2D eigenvalue weighted by Crippen LogP contribution is 2.04. The van der Waals surface area contributed by atoms with Crippen LogP contribution in [0.2, 0.25) is 0 Å². The molecule has 4 heteroatoms. The number of pyridine rings is 1. The molecule has 86 valence electrons. The summed E-state index contributed by atoms with van der Waals surface area (Å²) in [6.07, 6.45) is 2.59.